The van der Waals surface area contributed by atoms with Crippen LogP contribution in [0.2, 0.25) is 0 Å². The molecule has 0 bridgehead atoms. The second-order valence-electron chi connectivity index (χ2n) is 5.68. The van der Waals surface area contributed by atoms with Gasteiger partial charge in [0.1, 0.15) is 0 Å². The van der Waals surface area contributed by atoms with Gasteiger partial charge in [0.25, 0.3) is 5.91 Å². The predicted molar refractivity (Wildman–Crippen MR) is 87.9 cm³/mol. The first-order chi connectivity index (χ1) is 11.3. The maximum absolute atomic E-state index is 12.4. The number of nitrogens with zero attached hydrogens (tertiary/aromatic N) is 2. The molecule has 7 nitrogen and oxygen atoms in total. The van der Waals surface area contributed by atoms with Gasteiger partial charge in [0, 0.05) is 18.2 Å². The lowest BCUT2D eigenvalue weighted by molar-refractivity contribution is -0.122. The van der Waals surface area contributed by atoms with E-state index in [9.17, 15) is 18.0 Å². The van der Waals surface area contributed by atoms with Crippen LogP contribution in [0.25, 0.3) is 0 Å². The van der Waals surface area contributed by atoms with Crippen molar-refractivity contribution in [2.24, 2.45) is 0 Å². The first kappa shape index (κ1) is 17.9. The molecule has 2 rings (SSSR count). The normalized spacial score (nSPS) is 18.6. The van der Waals surface area contributed by atoms with E-state index in [0.717, 1.165) is 0 Å². The molecule has 0 aliphatic carbocycles. The van der Waals surface area contributed by atoms with E-state index in [1.807, 2.05) is 6.07 Å². The minimum absolute atomic E-state index is 0.0472. The van der Waals surface area contributed by atoms with Crippen LogP contribution in [-0.4, -0.2) is 55.8 Å². The van der Waals surface area contributed by atoms with E-state index >= 15 is 0 Å². The Balaban J connectivity index is 1.96. The topological polar surface area (TPSA) is 107 Å². The Hall–Kier alpha value is -2.40. The summed E-state index contributed by atoms with van der Waals surface area (Å²) in [5.74, 6) is -0.647. The van der Waals surface area contributed by atoms with Crippen LogP contribution in [0.4, 0.5) is 0 Å². The van der Waals surface area contributed by atoms with Gasteiger partial charge >= 0.3 is 0 Å². The van der Waals surface area contributed by atoms with Crippen LogP contribution in [-0.2, 0) is 14.6 Å². The molecule has 1 saturated heterocycles. The predicted octanol–water partition coefficient (Wildman–Crippen LogP) is 0.324. The highest BCUT2D eigenvalue weighted by Crippen LogP contribution is 2.11. The fourth-order valence-corrected chi connectivity index (χ4v) is 4.23. The van der Waals surface area contributed by atoms with Crippen LogP contribution in [0.1, 0.15) is 29.3 Å². The van der Waals surface area contributed by atoms with Gasteiger partial charge in [0.05, 0.1) is 29.7 Å². The molecule has 8 heteroatoms. The molecule has 1 aromatic rings. The van der Waals surface area contributed by atoms with Gasteiger partial charge in [-0.2, -0.15) is 5.26 Å². The SMILES string of the molecule is CCN(CC(=O)N[C@H]1CCS(=O)(=O)C1)C(=O)c1ccc(C#N)cc1. The molecule has 2 amide bonds. The third-order valence-corrected chi connectivity index (χ3v) is 5.63. The summed E-state index contributed by atoms with van der Waals surface area (Å²) < 4.78 is 22.8. The van der Waals surface area contributed by atoms with Crippen molar-refractivity contribution in [1.82, 2.24) is 10.2 Å². The number of amides is 2. The fourth-order valence-electron chi connectivity index (χ4n) is 2.55. The lowest BCUT2D eigenvalue weighted by atomic mass is 10.1. The zero-order valence-electron chi connectivity index (χ0n) is 13.4. The summed E-state index contributed by atoms with van der Waals surface area (Å²) in [4.78, 5) is 25.9. The maximum Gasteiger partial charge on any atom is 0.254 e. The van der Waals surface area contributed by atoms with Gasteiger partial charge in [-0.05, 0) is 37.6 Å². The third-order valence-electron chi connectivity index (χ3n) is 3.86. The molecule has 0 saturated carbocycles. The van der Waals surface area contributed by atoms with E-state index < -0.39 is 9.84 Å². The van der Waals surface area contributed by atoms with Crippen molar-refractivity contribution >= 4 is 21.7 Å². The van der Waals surface area contributed by atoms with Crippen LogP contribution in [0.15, 0.2) is 24.3 Å². The van der Waals surface area contributed by atoms with Crippen molar-refractivity contribution in [3.05, 3.63) is 35.4 Å². The second kappa shape index (κ2) is 7.45. The Kier molecular flexibility index (Phi) is 5.57. The highest BCUT2D eigenvalue weighted by molar-refractivity contribution is 7.91. The van der Waals surface area contributed by atoms with Gasteiger partial charge in [-0.25, -0.2) is 8.42 Å². The first-order valence-electron chi connectivity index (χ1n) is 7.64. The van der Waals surface area contributed by atoms with E-state index in [1.165, 1.54) is 4.90 Å². The van der Waals surface area contributed by atoms with Gasteiger partial charge < -0.3 is 10.2 Å². The highest BCUT2D eigenvalue weighted by atomic mass is 32.2. The summed E-state index contributed by atoms with van der Waals surface area (Å²) >= 11 is 0. The Labute approximate surface area is 141 Å². The molecule has 1 aliphatic heterocycles. The highest BCUT2D eigenvalue weighted by Gasteiger charge is 2.29. The van der Waals surface area contributed by atoms with Gasteiger partial charge in [-0.1, -0.05) is 0 Å². The van der Waals surface area contributed by atoms with Crippen LogP contribution in [0.5, 0.6) is 0 Å². The monoisotopic (exact) mass is 349 g/mol. The lowest BCUT2D eigenvalue weighted by Gasteiger charge is -2.21. The molecule has 1 N–H and O–H groups in total. The number of likely N-dealkylation sites (N-methyl/N-ethyl adjacent to an activating group) is 1. The van der Waals surface area contributed by atoms with E-state index in [-0.39, 0.29) is 35.9 Å². The molecular weight excluding hydrogens is 330 g/mol. The summed E-state index contributed by atoms with van der Waals surface area (Å²) in [5.41, 5.74) is 0.849. The number of nitriles is 1. The van der Waals surface area contributed by atoms with Crippen LogP contribution >= 0.6 is 0 Å². The zero-order valence-corrected chi connectivity index (χ0v) is 14.2. The van der Waals surface area contributed by atoms with Crippen molar-refractivity contribution in [1.29, 1.82) is 5.26 Å². The average Bonchev–Trinajstić information content (AvgIpc) is 2.90. The smallest absolute Gasteiger partial charge is 0.254 e. The molecule has 128 valence electrons. The van der Waals surface area contributed by atoms with E-state index in [1.54, 1.807) is 31.2 Å². The first-order valence-corrected chi connectivity index (χ1v) is 9.46. The zero-order chi connectivity index (χ0) is 17.7. The number of carbonyl (C=O) groups is 2. The molecule has 24 heavy (non-hydrogen) atoms. The maximum atomic E-state index is 12.4. The van der Waals surface area contributed by atoms with Crippen molar-refractivity contribution in [3.63, 3.8) is 0 Å². The third kappa shape index (κ3) is 4.55. The Morgan fingerprint density at radius 2 is 2.00 bits per heavy atom. The van der Waals surface area contributed by atoms with Crippen LogP contribution in [0.3, 0.4) is 0 Å². The van der Waals surface area contributed by atoms with Gasteiger partial charge in [0.2, 0.25) is 5.91 Å². The van der Waals surface area contributed by atoms with E-state index in [0.29, 0.717) is 24.1 Å². The minimum atomic E-state index is -3.06. The second-order valence-corrected chi connectivity index (χ2v) is 7.90. The Morgan fingerprint density at radius 1 is 1.33 bits per heavy atom. The molecule has 0 unspecified atom stereocenters. The molecular formula is C16H19N3O4S. The van der Waals surface area contributed by atoms with Crippen molar-refractivity contribution < 1.29 is 18.0 Å². The number of nitrogens with one attached hydrogen (secondary N) is 1. The molecule has 0 spiro atoms. The standard InChI is InChI=1S/C16H19N3O4S/c1-2-19(16(21)13-5-3-12(9-17)4-6-13)10-15(20)18-14-7-8-24(22,23)11-14/h3-6,14H,2,7-8,10-11H2,1H3,(H,18,20)/t14-/m0/s1. The van der Waals surface area contributed by atoms with E-state index in [4.69, 9.17) is 5.26 Å². The summed E-state index contributed by atoms with van der Waals surface area (Å²) in [6.07, 6.45) is 0.407. The van der Waals surface area contributed by atoms with Crippen LogP contribution < -0.4 is 5.32 Å². The fraction of sp³-hybridized carbons (Fsp3) is 0.438. The summed E-state index contributed by atoms with van der Waals surface area (Å²) in [6, 6.07) is 7.78. The van der Waals surface area contributed by atoms with Gasteiger partial charge in [0.15, 0.2) is 9.84 Å². The van der Waals surface area contributed by atoms with Gasteiger partial charge in [-0.3, -0.25) is 9.59 Å². The number of benzene rings is 1. The molecule has 0 radical (unpaired) electrons. The summed E-state index contributed by atoms with van der Waals surface area (Å²) in [7, 11) is -3.06. The average molecular weight is 349 g/mol. The molecule has 1 aliphatic rings. The molecule has 1 atom stereocenters. The van der Waals surface area contributed by atoms with Crippen molar-refractivity contribution in [3.8, 4) is 6.07 Å². The molecule has 0 aromatic heterocycles. The summed E-state index contributed by atoms with van der Waals surface area (Å²) in [5, 5.41) is 11.4. The lowest BCUT2D eigenvalue weighted by Crippen LogP contribution is -2.44. The molecule has 1 fully saturated rings. The van der Waals surface area contributed by atoms with Gasteiger partial charge in [-0.15, -0.1) is 0 Å². The quantitative estimate of drug-likeness (QED) is 0.824. The molecule has 1 heterocycles. The number of rotatable bonds is 5. The Bertz CT molecular complexity index is 766. The van der Waals surface area contributed by atoms with E-state index in [2.05, 4.69) is 5.32 Å². The minimum Gasteiger partial charge on any atom is -0.351 e. The Morgan fingerprint density at radius 3 is 2.50 bits per heavy atom. The summed E-state index contributed by atoms with van der Waals surface area (Å²) in [6.45, 7) is 1.97. The number of sulfone groups is 1. The van der Waals surface area contributed by atoms with Crippen molar-refractivity contribution in [2.45, 2.75) is 19.4 Å². The van der Waals surface area contributed by atoms with Crippen molar-refractivity contribution in [2.75, 3.05) is 24.6 Å². The van der Waals surface area contributed by atoms with Crippen LogP contribution in [0, 0.1) is 11.3 Å². The number of hydrogen-bond acceptors (Lipinski definition) is 5. The molecule has 1 aromatic carbocycles. The number of hydrogen-bond donors (Lipinski definition) is 1. The largest absolute Gasteiger partial charge is 0.351 e. The number of carbonyl (C=O) groups excluding carboxylic acids is 2.